The van der Waals surface area contributed by atoms with Gasteiger partial charge in [-0.3, -0.25) is 0 Å². The van der Waals surface area contributed by atoms with E-state index in [2.05, 4.69) is 30.0 Å². The summed E-state index contributed by atoms with van der Waals surface area (Å²) in [5, 5.41) is 0. The first-order valence-electron chi connectivity index (χ1n) is 6.80. The topological polar surface area (TPSA) is 38.5 Å². The molecule has 0 saturated carbocycles. The van der Waals surface area contributed by atoms with Crippen molar-refractivity contribution in [2.24, 2.45) is 5.73 Å². The van der Waals surface area contributed by atoms with Gasteiger partial charge in [-0.2, -0.15) is 0 Å². The Balaban J connectivity index is 1.88. The van der Waals surface area contributed by atoms with Crippen LogP contribution in [0.3, 0.4) is 0 Å². The van der Waals surface area contributed by atoms with Crippen LogP contribution in [0.1, 0.15) is 24.0 Å². The van der Waals surface area contributed by atoms with E-state index in [4.69, 9.17) is 10.5 Å². The molecule has 1 heterocycles. The Morgan fingerprint density at radius 1 is 1.44 bits per heavy atom. The second-order valence-corrected chi connectivity index (χ2v) is 5.26. The van der Waals surface area contributed by atoms with Gasteiger partial charge in [-0.05, 0) is 49.9 Å². The summed E-state index contributed by atoms with van der Waals surface area (Å²) in [5.74, 6) is 0.971. The van der Waals surface area contributed by atoms with E-state index in [1.54, 1.807) is 7.11 Å². The van der Waals surface area contributed by atoms with Crippen LogP contribution in [-0.4, -0.2) is 37.7 Å². The standard InChI is InChI=1S/C15H24N2O/c1-12-10-13(5-6-15(12)18-2)7-9-17-8-3-4-14(16)11-17/h5-6,10,14H,3-4,7-9,11,16H2,1-2H3. The Kier molecular flexibility index (Phi) is 4.61. The molecular formula is C15H24N2O. The van der Waals surface area contributed by atoms with E-state index in [-0.39, 0.29) is 0 Å². The highest BCUT2D eigenvalue weighted by atomic mass is 16.5. The zero-order chi connectivity index (χ0) is 13.0. The number of rotatable bonds is 4. The maximum absolute atomic E-state index is 6.00. The van der Waals surface area contributed by atoms with Gasteiger partial charge in [0.05, 0.1) is 7.11 Å². The van der Waals surface area contributed by atoms with Gasteiger partial charge in [0.15, 0.2) is 0 Å². The van der Waals surface area contributed by atoms with Crippen LogP contribution < -0.4 is 10.5 Å². The molecule has 0 aliphatic carbocycles. The van der Waals surface area contributed by atoms with Crippen molar-refractivity contribution < 1.29 is 4.74 Å². The Morgan fingerprint density at radius 3 is 2.94 bits per heavy atom. The summed E-state index contributed by atoms with van der Waals surface area (Å²) < 4.78 is 5.28. The monoisotopic (exact) mass is 248 g/mol. The normalized spacial score (nSPS) is 20.9. The van der Waals surface area contributed by atoms with Crippen molar-refractivity contribution in [3.8, 4) is 5.75 Å². The molecule has 1 aromatic carbocycles. The molecule has 1 unspecified atom stereocenters. The molecule has 1 saturated heterocycles. The summed E-state index contributed by atoms with van der Waals surface area (Å²) in [6.07, 6.45) is 3.51. The van der Waals surface area contributed by atoms with Crippen molar-refractivity contribution >= 4 is 0 Å². The lowest BCUT2D eigenvalue weighted by molar-refractivity contribution is 0.211. The lowest BCUT2D eigenvalue weighted by Gasteiger charge is -2.30. The predicted octanol–water partition coefficient (Wildman–Crippen LogP) is 1.97. The molecule has 0 amide bonds. The van der Waals surface area contributed by atoms with Gasteiger partial charge in [0.25, 0.3) is 0 Å². The molecule has 2 N–H and O–H groups in total. The van der Waals surface area contributed by atoms with Crippen molar-refractivity contribution in [3.63, 3.8) is 0 Å². The summed E-state index contributed by atoms with van der Waals surface area (Å²) in [6, 6.07) is 6.82. The van der Waals surface area contributed by atoms with Crippen molar-refractivity contribution in [2.75, 3.05) is 26.7 Å². The number of likely N-dealkylation sites (tertiary alicyclic amines) is 1. The molecule has 0 aromatic heterocycles. The van der Waals surface area contributed by atoms with E-state index in [0.29, 0.717) is 6.04 Å². The highest BCUT2D eigenvalue weighted by Crippen LogP contribution is 2.19. The molecular weight excluding hydrogens is 224 g/mol. The number of hydrogen-bond acceptors (Lipinski definition) is 3. The van der Waals surface area contributed by atoms with Crippen LogP contribution in [0.15, 0.2) is 18.2 Å². The smallest absolute Gasteiger partial charge is 0.121 e. The third-order valence-corrected chi connectivity index (χ3v) is 3.72. The zero-order valence-electron chi connectivity index (χ0n) is 11.5. The van der Waals surface area contributed by atoms with E-state index in [0.717, 1.165) is 25.3 Å². The fourth-order valence-corrected chi connectivity index (χ4v) is 2.68. The highest BCUT2D eigenvalue weighted by molar-refractivity contribution is 5.36. The van der Waals surface area contributed by atoms with Crippen LogP contribution in [0.4, 0.5) is 0 Å². The largest absolute Gasteiger partial charge is 0.496 e. The Morgan fingerprint density at radius 2 is 2.28 bits per heavy atom. The third kappa shape index (κ3) is 3.47. The SMILES string of the molecule is COc1ccc(CCN2CCCC(N)C2)cc1C. The molecule has 1 aromatic rings. The zero-order valence-corrected chi connectivity index (χ0v) is 11.5. The molecule has 1 aliphatic heterocycles. The number of nitrogens with zero attached hydrogens (tertiary/aromatic N) is 1. The van der Waals surface area contributed by atoms with Crippen LogP contribution in [0.5, 0.6) is 5.75 Å². The van der Waals surface area contributed by atoms with Crippen LogP contribution >= 0.6 is 0 Å². The van der Waals surface area contributed by atoms with E-state index in [1.807, 2.05) is 0 Å². The van der Waals surface area contributed by atoms with Crippen LogP contribution in [0, 0.1) is 6.92 Å². The fourth-order valence-electron chi connectivity index (χ4n) is 2.68. The summed E-state index contributed by atoms with van der Waals surface area (Å²) >= 11 is 0. The number of aryl methyl sites for hydroxylation is 1. The summed E-state index contributed by atoms with van der Waals surface area (Å²) in [4.78, 5) is 2.48. The van der Waals surface area contributed by atoms with Crippen LogP contribution in [-0.2, 0) is 6.42 Å². The summed E-state index contributed by atoms with van der Waals surface area (Å²) in [6.45, 7) is 5.45. The number of benzene rings is 1. The van der Waals surface area contributed by atoms with Gasteiger partial charge in [0.2, 0.25) is 0 Å². The Labute approximate surface area is 110 Å². The second kappa shape index (κ2) is 6.21. The van der Waals surface area contributed by atoms with Gasteiger partial charge in [-0.1, -0.05) is 12.1 Å². The average molecular weight is 248 g/mol. The van der Waals surface area contributed by atoms with Gasteiger partial charge in [0, 0.05) is 19.1 Å². The van der Waals surface area contributed by atoms with E-state index in [1.165, 1.54) is 30.5 Å². The van der Waals surface area contributed by atoms with Crippen molar-refractivity contribution in [1.29, 1.82) is 0 Å². The molecule has 18 heavy (non-hydrogen) atoms. The maximum atomic E-state index is 6.00. The van der Waals surface area contributed by atoms with Crippen molar-refractivity contribution in [2.45, 2.75) is 32.2 Å². The average Bonchev–Trinajstić information content (AvgIpc) is 2.37. The quantitative estimate of drug-likeness (QED) is 0.885. The van der Waals surface area contributed by atoms with Gasteiger partial charge in [-0.25, -0.2) is 0 Å². The van der Waals surface area contributed by atoms with E-state index < -0.39 is 0 Å². The first kappa shape index (κ1) is 13.4. The summed E-state index contributed by atoms with van der Waals surface area (Å²) in [7, 11) is 1.72. The minimum atomic E-state index is 0.372. The van der Waals surface area contributed by atoms with Crippen LogP contribution in [0.2, 0.25) is 0 Å². The van der Waals surface area contributed by atoms with Gasteiger partial charge in [0.1, 0.15) is 5.75 Å². The van der Waals surface area contributed by atoms with Gasteiger partial charge in [-0.15, -0.1) is 0 Å². The maximum Gasteiger partial charge on any atom is 0.121 e. The predicted molar refractivity (Wildman–Crippen MR) is 75.1 cm³/mol. The molecule has 0 bridgehead atoms. The third-order valence-electron chi connectivity index (χ3n) is 3.72. The molecule has 1 aliphatic rings. The molecule has 2 rings (SSSR count). The van der Waals surface area contributed by atoms with E-state index >= 15 is 0 Å². The number of ether oxygens (including phenoxy) is 1. The number of hydrogen-bond donors (Lipinski definition) is 1. The highest BCUT2D eigenvalue weighted by Gasteiger charge is 2.15. The Hall–Kier alpha value is -1.06. The summed E-state index contributed by atoms with van der Waals surface area (Å²) in [5.41, 5.74) is 8.59. The Bertz CT molecular complexity index is 392. The number of nitrogens with two attached hydrogens (primary N) is 1. The van der Waals surface area contributed by atoms with Gasteiger partial charge < -0.3 is 15.4 Å². The van der Waals surface area contributed by atoms with Crippen LogP contribution in [0.25, 0.3) is 0 Å². The van der Waals surface area contributed by atoms with E-state index in [9.17, 15) is 0 Å². The fraction of sp³-hybridized carbons (Fsp3) is 0.600. The molecule has 0 spiro atoms. The minimum Gasteiger partial charge on any atom is -0.496 e. The molecule has 100 valence electrons. The molecule has 1 fully saturated rings. The lowest BCUT2D eigenvalue weighted by atomic mass is 10.0. The first-order chi connectivity index (χ1) is 8.69. The second-order valence-electron chi connectivity index (χ2n) is 5.26. The van der Waals surface area contributed by atoms with Crippen molar-refractivity contribution in [3.05, 3.63) is 29.3 Å². The van der Waals surface area contributed by atoms with Crippen molar-refractivity contribution in [1.82, 2.24) is 4.90 Å². The number of piperidine rings is 1. The lowest BCUT2D eigenvalue weighted by Crippen LogP contribution is -2.43. The molecule has 1 atom stereocenters. The molecule has 0 radical (unpaired) electrons. The number of methoxy groups -OCH3 is 1. The molecule has 3 nitrogen and oxygen atoms in total. The minimum absolute atomic E-state index is 0.372. The van der Waals surface area contributed by atoms with Gasteiger partial charge >= 0.3 is 0 Å². The first-order valence-corrected chi connectivity index (χ1v) is 6.80. The molecule has 3 heteroatoms.